The van der Waals surface area contributed by atoms with Gasteiger partial charge in [-0.25, -0.2) is 0 Å². The van der Waals surface area contributed by atoms with Gasteiger partial charge in [0.2, 0.25) is 0 Å². The van der Waals surface area contributed by atoms with Crippen LogP contribution >= 0.6 is 15.9 Å². The minimum atomic E-state index is 0.224. The molecule has 0 saturated carbocycles. The van der Waals surface area contributed by atoms with Crippen LogP contribution in [-0.4, -0.2) is 19.3 Å². The van der Waals surface area contributed by atoms with E-state index >= 15 is 0 Å². The monoisotopic (exact) mass is 255 g/mol. The Morgan fingerprint density at radius 3 is 2.86 bits per heavy atom. The highest BCUT2D eigenvalue weighted by Crippen LogP contribution is 2.30. The van der Waals surface area contributed by atoms with E-state index < -0.39 is 0 Å². The van der Waals surface area contributed by atoms with Crippen molar-refractivity contribution in [1.29, 1.82) is 0 Å². The lowest BCUT2D eigenvalue weighted by molar-refractivity contribution is 0.0689. The Kier molecular flexibility index (Phi) is 3.21. The first-order chi connectivity index (χ1) is 6.79. The van der Waals surface area contributed by atoms with Gasteiger partial charge in [0.15, 0.2) is 0 Å². The number of hydrogen-bond acceptors (Lipinski definition) is 2. The number of benzene rings is 1. The molecule has 2 unspecified atom stereocenters. The van der Waals surface area contributed by atoms with Crippen LogP contribution in [0.2, 0.25) is 0 Å². The van der Waals surface area contributed by atoms with Crippen LogP contribution in [0.4, 0.5) is 0 Å². The van der Waals surface area contributed by atoms with Crippen molar-refractivity contribution in [2.75, 3.05) is 13.2 Å². The number of hydrogen-bond donors (Lipinski definition) is 1. The fourth-order valence-electron chi connectivity index (χ4n) is 1.85. The summed E-state index contributed by atoms with van der Waals surface area (Å²) in [4.78, 5) is 0. The molecule has 0 amide bonds. The first-order valence-corrected chi connectivity index (χ1v) is 5.66. The Labute approximate surface area is 92.6 Å². The molecule has 1 fully saturated rings. The van der Waals surface area contributed by atoms with Gasteiger partial charge in [-0.2, -0.15) is 0 Å². The highest BCUT2D eigenvalue weighted by Gasteiger charge is 2.25. The van der Waals surface area contributed by atoms with E-state index in [1.165, 1.54) is 5.56 Å². The van der Waals surface area contributed by atoms with Crippen LogP contribution in [0, 0.1) is 0 Å². The summed E-state index contributed by atoms with van der Waals surface area (Å²) < 4.78 is 6.59. The second-order valence-electron chi connectivity index (χ2n) is 3.66. The first-order valence-electron chi connectivity index (χ1n) is 4.87. The van der Waals surface area contributed by atoms with Crippen molar-refractivity contribution < 1.29 is 4.74 Å². The zero-order chi connectivity index (χ0) is 9.97. The average Bonchev–Trinajstić information content (AvgIpc) is 2.20. The zero-order valence-electron chi connectivity index (χ0n) is 7.95. The largest absolute Gasteiger partial charge is 0.381 e. The van der Waals surface area contributed by atoms with Crippen LogP contribution in [0.3, 0.4) is 0 Å². The molecule has 1 aromatic rings. The number of halogens is 1. The molecule has 1 aliphatic heterocycles. The first kappa shape index (κ1) is 10.1. The smallest absolute Gasteiger partial charge is 0.0550 e. The normalized spacial score (nSPS) is 27.6. The van der Waals surface area contributed by atoms with Crippen LogP contribution in [0.5, 0.6) is 0 Å². The third-order valence-electron chi connectivity index (χ3n) is 2.71. The molecule has 1 aromatic carbocycles. The van der Waals surface area contributed by atoms with Gasteiger partial charge in [-0.15, -0.1) is 0 Å². The maximum Gasteiger partial charge on any atom is 0.0550 e. The summed E-state index contributed by atoms with van der Waals surface area (Å²) in [7, 11) is 0. The van der Waals surface area contributed by atoms with Crippen LogP contribution in [-0.2, 0) is 4.74 Å². The fraction of sp³-hybridized carbons (Fsp3) is 0.455. The van der Waals surface area contributed by atoms with Gasteiger partial charge >= 0.3 is 0 Å². The van der Waals surface area contributed by atoms with Crippen molar-refractivity contribution in [3.8, 4) is 0 Å². The highest BCUT2D eigenvalue weighted by atomic mass is 79.9. The van der Waals surface area contributed by atoms with Crippen molar-refractivity contribution in [3.05, 3.63) is 34.3 Å². The Bertz CT molecular complexity index is 316. The molecule has 76 valence electrons. The van der Waals surface area contributed by atoms with E-state index in [1.807, 2.05) is 12.1 Å². The Morgan fingerprint density at radius 1 is 1.36 bits per heavy atom. The van der Waals surface area contributed by atoms with Gasteiger partial charge in [0, 0.05) is 23.0 Å². The van der Waals surface area contributed by atoms with Crippen LogP contribution in [0.15, 0.2) is 28.7 Å². The second kappa shape index (κ2) is 4.43. The summed E-state index contributed by atoms with van der Waals surface area (Å²) in [5.74, 6) is 0.333. The van der Waals surface area contributed by atoms with Crippen LogP contribution in [0.25, 0.3) is 0 Å². The summed E-state index contributed by atoms with van der Waals surface area (Å²) in [6, 6.07) is 8.45. The van der Waals surface area contributed by atoms with E-state index in [2.05, 4.69) is 28.1 Å². The van der Waals surface area contributed by atoms with E-state index in [9.17, 15) is 0 Å². The molecule has 0 aromatic heterocycles. The summed E-state index contributed by atoms with van der Waals surface area (Å²) >= 11 is 3.55. The molecule has 2 rings (SSSR count). The topological polar surface area (TPSA) is 35.2 Å². The lowest BCUT2D eigenvalue weighted by atomic mass is 9.89. The van der Waals surface area contributed by atoms with E-state index in [0.29, 0.717) is 5.92 Å². The summed E-state index contributed by atoms with van der Waals surface area (Å²) in [5.41, 5.74) is 7.34. The molecule has 2 N–H and O–H groups in total. The quantitative estimate of drug-likeness (QED) is 0.836. The summed E-state index contributed by atoms with van der Waals surface area (Å²) in [5, 5.41) is 0. The lowest BCUT2D eigenvalue weighted by Gasteiger charge is -2.29. The highest BCUT2D eigenvalue weighted by molar-refractivity contribution is 9.10. The molecule has 2 atom stereocenters. The minimum absolute atomic E-state index is 0.224. The van der Waals surface area contributed by atoms with Gasteiger partial charge < -0.3 is 10.5 Å². The van der Waals surface area contributed by atoms with Crippen molar-refractivity contribution in [2.45, 2.75) is 18.4 Å². The molecule has 0 radical (unpaired) electrons. The lowest BCUT2D eigenvalue weighted by Crippen LogP contribution is -2.37. The molecule has 0 bridgehead atoms. The third kappa shape index (κ3) is 2.00. The Morgan fingerprint density at radius 2 is 2.14 bits per heavy atom. The molecule has 0 spiro atoms. The fourth-order valence-corrected chi connectivity index (χ4v) is 2.43. The molecular weight excluding hydrogens is 242 g/mol. The van der Waals surface area contributed by atoms with Crippen molar-refractivity contribution in [2.24, 2.45) is 5.73 Å². The van der Waals surface area contributed by atoms with E-state index in [0.717, 1.165) is 24.1 Å². The van der Waals surface area contributed by atoms with Crippen molar-refractivity contribution in [1.82, 2.24) is 0 Å². The van der Waals surface area contributed by atoms with E-state index in [1.54, 1.807) is 0 Å². The molecule has 1 saturated heterocycles. The number of nitrogens with two attached hydrogens (primary N) is 1. The standard InChI is InChI=1S/C11H14BrNO/c12-10-4-2-1-3-8(10)9-7-14-6-5-11(9)13/h1-4,9,11H,5-7,13H2. The molecule has 1 heterocycles. The van der Waals surface area contributed by atoms with Gasteiger partial charge in [0.1, 0.15) is 0 Å². The molecule has 14 heavy (non-hydrogen) atoms. The van der Waals surface area contributed by atoms with Crippen LogP contribution < -0.4 is 5.73 Å². The number of rotatable bonds is 1. The predicted molar refractivity (Wildman–Crippen MR) is 60.3 cm³/mol. The Balaban J connectivity index is 2.25. The SMILES string of the molecule is NC1CCOCC1c1ccccc1Br. The third-order valence-corrected chi connectivity index (χ3v) is 3.44. The van der Waals surface area contributed by atoms with Gasteiger partial charge in [-0.1, -0.05) is 34.1 Å². The number of ether oxygens (including phenoxy) is 1. The maximum absolute atomic E-state index is 6.08. The van der Waals surface area contributed by atoms with Gasteiger partial charge in [0.05, 0.1) is 6.61 Å². The van der Waals surface area contributed by atoms with Gasteiger partial charge in [-0.3, -0.25) is 0 Å². The average molecular weight is 256 g/mol. The van der Waals surface area contributed by atoms with Crippen LogP contribution in [0.1, 0.15) is 17.9 Å². The molecule has 3 heteroatoms. The molecule has 1 aliphatic rings. The second-order valence-corrected chi connectivity index (χ2v) is 4.51. The van der Waals surface area contributed by atoms with Gasteiger partial charge in [0.25, 0.3) is 0 Å². The van der Waals surface area contributed by atoms with E-state index in [4.69, 9.17) is 10.5 Å². The van der Waals surface area contributed by atoms with Crippen molar-refractivity contribution >= 4 is 15.9 Å². The zero-order valence-corrected chi connectivity index (χ0v) is 9.53. The molecular formula is C11H14BrNO. The van der Waals surface area contributed by atoms with Crippen molar-refractivity contribution in [3.63, 3.8) is 0 Å². The maximum atomic E-state index is 6.08. The van der Waals surface area contributed by atoms with Gasteiger partial charge in [-0.05, 0) is 18.1 Å². The Hall–Kier alpha value is -0.380. The molecule has 0 aliphatic carbocycles. The van der Waals surface area contributed by atoms with E-state index in [-0.39, 0.29) is 6.04 Å². The summed E-state index contributed by atoms with van der Waals surface area (Å²) in [6.07, 6.45) is 0.950. The summed E-state index contributed by atoms with van der Waals surface area (Å²) in [6.45, 7) is 1.53. The predicted octanol–water partition coefficient (Wildman–Crippen LogP) is 2.28. The molecule has 2 nitrogen and oxygen atoms in total. The minimum Gasteiger partial charge on any atom is -0.381 e.